The lowest BCUT2D eigenvalue weighted by Gasteiger charge is -2.11. The van der Waals surface area contributed by atoms with Crippen molar-refractivity contribution in [2.75, 3.05) is 24.7 Å². The third-order valence-corrected chi connectivity index (χ3v) is 4.48. The molecule has 0 radical (unpaired) electrons. The van der Waals surface area contributed by atoms with Crippen molar-refractivity contribution in [3.05, 3.63) is 58.1 Å². The van der Waals surface area contributed by atoms with Gasteiger partial charge in [-0.15, -0.1) is 0 Å². The van der Waals surface area contributed by atoms with Crippen LogP contribution in [0.4, 0.5) is 11.4 Å². The Balaban J connectivity index is 2.10. The predicted octanol–water partition coefficient (Wildman–Crippen LogP) is 2.80. The highest BCUT2D eigenvalue weighted by atomic mass is 32.2. The van der Waals surface area contributed by atoms with Gasteiger partial charge in [-0.1, -0.05) is 24.3 Å². The Labute approximate surface area is 140 Å². The first-order valence-electron chi connectivity index (χ1n) is 7.20. The molecule has 0 aliphatic carbocycles. The number of hydrogen-bond donors (Lipinski definition) is 1. The monoisotopic (exact) mass is 350 g/mol. The summed E-state index contributed by atoms with van der Waals surface area (Å²) in [5.74, 6) is 0.735. The highest BCUT2D eigenvalue weighted by Gasteiger charge is 2.25. The summed E-state index contributed by atoms with van der Waals surface area (Å²) in [6.07, 6.45) is 0.945. The van der Waals surface area contributed by atoms with E-state index in [2.05, 4.69) is 5.32 Å². The third kappa shape index (κ3) is 4.23. The molecule has 0 aliphatic rings. The number of ether oxygens (including phenoxy) is 1. The summed E-state index contributed by atoms with van der Waals surface area (Å²) in [7, 11) is -3.69. The summed E-state index contributed by atoms with van der Waals surface area (Å²) < 4.78 is 29.0. The minimum absolute atomic E-state index is 0.149. The van der Waals surface area contributed by atoms with Gasteiger partial charge in [0, 0.05) is 12.8 Å². The molecule has 2 aromatic rings. The predicted molar refractivity (Wildman–Crippen MR) is 91.4 cm³/mol. The van der Waals surface area contributed by atoms with Crippen LogP contribution in [0.3, 0.4) is 0 Å². The van der Waals surface area contributed by atoms with Crippen LogP contribution >= 0.6 is 0 Å². The van der Waals surface area contributed by atoms with E-state index in [0.717, 1.165) is 17.6 Å². The second kappa shape index (κ2) is 7.31. The molecule has 0 saturated heterocycles. The Morgan fingerprint density at radius 2 is 1.88 bits per heavy atom. The maximum atomic E-state index is 11.7. The smallest absolute Gasteiger partial charge is 0.310 e. The minimum Gasteiger partial charge on any atom is -0.491 e. The lowest BCUT2D eigenvalue weighted by atomic mass is 10.2. The maximum Gasteiger partial charge on any atom is 0.310 e. The van der Waals surface area contributed by atoms with Crippen LogP contribution in [0, 0.1) is 17.0 Å². The SMILES string of the molecule is Cc1ccccc1OCCNc1cccc(S(C)(=O)=O)c1[N+](=O)[O-]. The van der Waals surface area contributed by atoms with E-state index in [0.29, 0.717) is 6.54 Å². The molecule has 0 aromatic heterocycles. The van der Waals surface area contributed by atoms with Gasteiger partial charge in [-0.3, -0.25) is 10.1 Å². The van der Waals surface area contributed by atoms with E-state index in [-0.39, 0.29) is 17.2 Å². The molecule has 0 amide bonds. The minimum atomic E-state index is -3.69. The maximum absolute atomic E-state index is 11.7. The first-order valence-corrected chi connectivity index (χ1v) is 9.09. The number of aryl methyl sites for hydroxylation is 1. The van der Waals surface area contributed by atoms with Crippen LogP contribution < -0.4 is 10.1 Å². The summed E-state index contributed by atoms with van der Waals surface area (Å²) >= 11 is 0. The average molecular weight is 350 g/mol. The Morgan fingerprint density at radius 1 is 1.17 bits per heavy atom. The molecule has 0 unspecified atom stereocenters. The molecule has 0 saturated carbocycles. The number of para-hydroxylation sites is 2. The number of hydrogen-bond acceptors (Lipinski definition) is 6. The van der Waals surface area contributed by atoms with Crippen LogP contribution in [-0.4, -0.2) is 32.7 Å². The molecule has 1 N–H and O–H groups in total. The molecule has 0 spiro atoms. The number of anilines is 1. The van der Waals surface area contributed by atoms with Gasteiger partial charge in [0.05, 0.1) is 4.92 Å². The summed E-state index contributed by atoms with van der Waals surface area (Å²) in [5.41, 5.74) is 0.690. The Kier molecular flexibility index (Phi) is 5.40. The van der Waals surface area contributed by atoms with Gasteiger partial charge in [0.1, 0.15) is 22.9 Å². The fourth-order valence-electron chi connectivity index (χ4n) is 2.22. The third-order valence-electron chi connectivity index (χ3n) is 3.35. The van der Waals surface area contributed by atoms with Crippen LogP contribution in [-0.2, 0) is 9.84 Å². The van der Waals surface area contributed by atoms with Crippen molar-refractivity contribution in [3.63, 3.8) is 0 Å². The van der Waals surface area contributed by atoms with Crippen molar-refractivity contribution in [2.45, 2.75) is 11.8 Å². The summed E-state index contributed by atoms with van der Waals surface area (Å²) in [6, 6.07) is 11.7. The first kappa shape index (κ1) is 17.7. The van der Waals surface area contributed by atoms with Crippen molar-refractivity contribution >= 4 is 21.2 Å². The second-order valence-electron chi connectivity index (χ2n) is 5.22. The molecule has 0 fully saturated rings. The normalized spacial score (nSPS) is 11.1. The fourth-order valence-corrected chi connectivity index (χ4v) is 3.08. The highest BCUT2D eigenvalue weighted by molar-refractivity contribution is 7.90. The van der Waals surface area contributed by atoms with Crippen LogP contribution in [0.1, 0.15) is 5.56 Å². The fraction of sp³-hybridized carbons (Fsp3) is 0.250. The van der Waals surface area contributed by atoms with E-state index in [9.17, 15) is 18.5 Å². The lowest BCUT2D eigenvalue weighted by Crippen LogP contribution is -2.14. The number of nitro benzene ring substituents is 1. The summed E-state index contributed by atoms with van der Waals surface area (Å²) in [6.45, 7) is 2.50. The topological polar surface area (TPSA) is 98.5 Å². The van der Waals surface area contributed by atoms with Crippen molar-refractivity contribution in [1.29, 1.82) is 0 Å². The van der Waals surface area contributed by atoms with E-state index in [4.69, 9.17) is 4.74 Å². The number of rotatable bonds is 7. The number of nitrogens with one attached hydrogen (secondary N) is 1. The second-order valence-corrected chi connectivity index (χ2v) is 7.21. The van der Waals surface area contributed by atoms with Crippen molar-refractivity contribution in [3.8, 4) is 5.75 Å². The van der Waals surface area contributed by atoms with Crippen molar-refractivity contribution in [2.24, 2.45) is 0 Å². The zero-order valence-corrected chi connectivity index (χ0v) is 14.2. The van der Waals surface area contributed by atoms with Gasteiger partial charge >= 0.3 is 5.69 Å². The van der Waals surface area contributed by atoms with Gasteiger partial charge in [0.15, 0.2) is 9.84 Å². The van der Waals surface area contributed by atoms with E-state index < -0.39 is 20.4 Å². The molecule has 128 valence electrons. The van der Waals surface area contributed by atoms with Crippen LogP contribution in [0.2, 0.25) is 0 Å². The molecule has 0 bridgehead atoms. The van der Waals surface area contributed by atoms with Gasteiger partial charge in [-0.25, -0.2) is 8.42 Å². The van der Waals surface area contributed by atoms with Crippen LogP contribution in [0.15, 0.2) is 47.4 Å². The first-order chi connectivity index (χ1) is 11.3. The Hall–Kier alpha value is -2.61. The molecule has 0 atom stereocenters. The number of nitro groups is 1. The molecular formula is C16H18N2O5S. The van der Waals surface area contributed by atoms with Crippen LogP contribution in [0.25, 0.3) is 0 Å². The van der Waals surface area contributed by atoms with E-state index >= 15 is 0 Å². The number of benzene rings is 2. The van der Waals surface area contributed by atoms with E-state index in [1.807, 2.05) is 31.2 Å². The van der Waals surface area contributed by atoms with E-state index in [1.54, 1.807) is 0 Å². The van der Waals surface area contributed by atoms with Gasteiger partial charge in [0.2, 0.25) is 0 Å². The van der Waals surface area contributed by atoms with Crippen molar-refractivity contribution in [1.82, 2.24) is 0 Å². The van der Waals surface area contributed by atoms with Gasteiger partial charge in [-0.05, 0) is 30.7 Å². The molecule has 2 rings (SSSR count). The molecule has 0 aliphatic heterocycles. The molecule has 8 heteroatoms. The van der Waals surface area contributed by atoms with Crippen LogP contribution in [0.5, 0.6) is 5.75 Å². The zero-order valence-electron chi connectivity index (χ0n) is 13.4. The summed E-state index contributed by atoms with van der Waals surface area (Å²) in [5, 5.41) is 14.1. The lowest BCUT2D eigenvalue weighted by molar-refractivity contribution is -0.386. The molecule has 0 heterocycles. The quantitative estimate of drug-likeness (QED) is 0.468. The van der Waals surface area contributed by atoms with Gasteiger partial charge in [0.25, 0.3) is 0 Å². The van der Waals surface area contributed by atoms with E-state index in [1.165, 1.54) is 18.2 Å². The zero-order chi connectivity index (χ0) is 17.7. The largest absolute Gasteiger partial charge is 0.491 e. The Bertz CT molecular complexity index is 849. The summed E-state index contributed by atoms with van der Waals surface area (Å²) in [4.78, 5) is 10.3. The number of sulfone groups is 1. The Morgan fingerprint density at radius 3 is 2.50 bits per heavy atom. The van der Waals surface area contributed by atoms with Gasteiger partial charge < -0.3 is 10.1 Å². The van der Waals surface area contributed by atoms with Crippen molar-refractivity contribution < 1.29 is 18.1 Å². The standard InChI is InChI=1S/C16H18N2O5S/c1-12-6-3-4-8-14(12)23-11-10-17-13-7-5-9-15(24(2,21)22)16(13)18(19)20/h3-9,17H,10-11H2,1-2H3. The average Bonchev–Trinajstić information content (AvgIpc) is 2.51. The highest BCUT2D eigenvalue weighted by Crippen LogP contribution is 2.31. The molecule has 2 aromatic carbocycles. The molecule has 24 heavy (non-hydrogen) atoms. The molecule has 7 nitrogen and oxygen atoms in total. The molecular weight excluding hydrogens is 332 g/mol. The number of nitrogens with zero attached hydrogens (tertiary/aromatic N) is 1. The van der Waals surface area contributed by atoms with Gasteiger partial charge in [-0.2, -0.15) is 0 Å².